The van der Waals surface area contributed by atoms with Crippen LogP contribution in [0.4, 0.5) is 4.39 Å². The van der Waals surface area contributed by atoms with Gasteiger partial charge in [-0.1, -0.05) is 0 Å². The van der Waals surface area contributed by atoms with E-state index in [1.807, 2.05) is 0 Å². The summed E-state index contributed by atoms with van der Waals surface area (Å²) >= 11 is 0. The number of Topliss-reactive ketones (excluding diaryl/α,β-unsaturated/α-hetero) is 1. The van der Waals surface area contributed by atoms with Gasteiger partial charge in [0.15, 0.2) is 17.3 Å². The SMILES string of the molecule is COc1ccc(C(=O)C2CCC(N)CC2)cc1F. The van der Waals surface area contributed by atoms with E-state index in [2.05, 4.69) is 0 Å². The van der Waals surface area contributed by atoms with Crippen LogP contribution in [-0.4, -0.2) is 18.9 Å². The fraction of sp³-hybridized carbons (Fsp3) is 0.500. The van der Waals surface area contributed by atoms with Gasteiger partial charge >= 0.3 is 0 Å². The maximum Gasteiger partial charge on any atom is 0.166 e. The van der Waals surface area contributed by atoms with Gasteiger partial charge in [-0.3, -0.25) is 4.79 Å². The number of ketones is 1. The number of carbonyl (C=O) groups excluding carboxylic acids is 1. The number of halogens is 1. The molecule has 1 aliphatic rings. The summed E-state index contributed by atoms with van der Waals surface area (Å²) < 4.78 is 18.4. The molecule has 0 heterocycles. The Morgan fingerprint density at radius 3 is 2.56 bits per heavy atom. The largest absolute Gasteiger partial charge is 0.494 e. The average Bonchev–Trinajstić information content (AvgIpc) is 2.38. The molecule has 1 aromatic rings. The monoisotopic (exact) mass is 251 g/mol. The molecule has 1 aromatic carbocycles. The van der Waals surface area contributed by atoms with Crippen LogP contribution in [0, 0.1) is 11.7 Å². The van der Waals surface area contributed by atoms with Gasteiger partial charge in [-0.2, -0.15) is 0 Å². The van der Waals surface area contributed by atoms with Gasteiger partial charge in [-0.05, 0) is 43.9 Å². The van der Waals surface area contributed by atoms with Crippen LogP contribution in [0.2, 0.25) is 0 Å². The molecule has 18 heavy (non-hydrogen) atoms. The predicted molar refractivity (Wildman–Crippen MR) is 67.2 cm³/mol. The van der Waals surface area contributed by atoms with E-state index in [9.17, 15) is 9.18 Å². The van der Waals surface area contributed by atoms with Crippen LogP contribution in [0.5, 0.6) is 5.75 Å². The second kappa shape index (κ2) is 5.48. The molecule has 1 saturated carbocycles. The predicted octanol–water partition coefficient (Wildman–Crippen LogP) is 2.53. The average molecular weight is 251 g/mol. The van der Waals surface area contributed by atoms with Crippen molar-refractivity contribution in [3.63, 3.8) is 0 Å². The van der Waals surface area contributed by atoms with E-state index in [1.54, 1.807) is 6.07 Å². The van der Waals surface area contributed by atoms with Crippen LogP contribution in [0.25, 0.3) is 0 Å². The van der Waals surface area contributed by atoms with Gasteiger partial charge < -0.3 is 10.5 Å². The molecule has 0 amide bonds. The van der Waals surface area contributed by atoms with Crippen molar-refractivity contribution in [1.29, 1.82) is 0 Å². The third-order valence-electron chi connectivity index (χ3n) is 3.58. The van der Waals surface area contributed by atoms with Crippen molar-refractivity contribution >= 4 is 5.78 Å². The lowest BCUT2D eigenvalue weighted by atomic mass is 9.82. The summed E-state index contributed by atoms with van der Waals surface area (Å²) in [4.78, 5) is 12.2. The fourth-order valence-electron chi connectivity index (χ4n) is 2.44. The Hall–Kier alpha value is -1.42. The van der Waals surface area contributed by atoms with Crippen LogP contribution in [0.3, 0.4) is 0 Å². The molecule has 0 bridgehead atoms. The van der Waals surface area contributed by atoms with Crippen molar-refractivity contribution in [3.8, 4) is 5.75 Å². The van der Waals surface area contributed by atoms with E-state index >= 15 is 0 Å². The lowest BCUT2D eigenvalue weighted by Gasteiger charge is -2.25. The number of hydrogen-bond donors (Lipinski definition) is 1. The van der Waals surface area contributed by atoms with Crippen LogP contribution in [-0.2, 0) is 0 Å². The Labute approximate surface area is 106 Å². The molecule has 0 unspecified atom stereocenters. The summed E-state index contributed by atoms with van der Waals surface area (Å²) in [7, 11) is 1.41. The summed E-state index contributed by atoms with van der Waals surface area (Å²) in [5, 5.41) is 0. The summed E-state index contributed by atoms with van der Waals surface area (Å²) in [6.07, 6.45) is 3.34. The van der Waals surface area contributed by atoms with Crippen molar-refractivity contribution < 1.29 is 13.9 Å². The molecule has 1 fully saturated rings. The molecule has 0 saturated heterocycles. The third kappa shape index (κ3) is 2.70. The maximum absolute atomic E-state index is 13.5. The van der Waals surface area contributed by atoms with Crippen LogP contribution < -0.4 is 10.5 Å². The van der Waals surface area contributed by atoms with Crippen LogP contribution in [0.1, 0.15) is 36.0 Å². The minimum absolute atomic E-state index is 0.0161. The van der Waals surface area contributed by atoms with Crippen LogP contribution in [0.15, 0.2) is 18.2 Å². The zero-order valence-corrected chi connectivity index (χ0v) is 10.5. The smallest absolute Gasteiger partial charge is 0.166 e. The molecular formula is C14H18FNO2. The van der Waals surface area contributed by atoms with Crippen molar-refractivity contribution in [2.45, 2.75) is 31.7 Å². The molecule has 0 spiro atoms. The zero-order valence-electron chi connectivity index (χ0n) is 10.5. The first-order valence-electron chi connectivity index (χ1n) is 6.25. The minimum atomic E-state index is -0.490. The number of ether oxygens (including phenoxy) is 1. The van der Waals surface area contributed by atoms with Crippen molar-refractivity contribution in [1.82, 2.24) is 0 Å². The van der Waals surface area contributed by atoms with Gasteiger partial charge in [0.2, 0.25) is 0 Å². The molecule has 98 valence electrons. The van der Waals surface area contributed by atoms with E-state index in [1.165, 1.54) is 19.2 Å². The topological polar surface area (TPSA) is 52.3 Å². The molecule has 0 atom stereocenters. The van der Waals surface area contributed by atoms with E-state index in [-0.39, 0.29) is 23.5 Å². The highest BCUT2D eigenvalue weighted by molar-refractivity contribution is 5.98. The molecular weight excluding hydrogens is 233 g/mol. The Kier molecular flexibility index (Phi) is 3.97. The summed E-state index contributed by atoms with van der Waals surface area (Å²) in [5.74, 6) is -0.325. The first-order chi connectivity index (χ1) is 8.61. The number of carbonyl (C=O) groups is 1. The third-order valence-corrected chi connectivity index (χ3v) is 3.58. The van der Waals surface area contributed by atoms with Crippen LogP contribution >= 0.6 is 0 Å². The second-order valence-electron chi connectivity index (χ2n) is 4.83. The van der Waals surface area contributed by atoms with E-state index < -0.39 is 5.82 Å². The van der Waals surface area contributed by atoms with Gasteiger partial charge in [0.05, 0.1) is 7.11 Å². The highest BCUT2D eigenvalue weighted by atomic mass is 19.1. The first-order valence-corrected chi connectivity index (χ1v) is 6.25. The van der Waals surface area contributed by atoms with Gasteiger partial charge in [-0.15, -0.1) is 0 Å². The van der Waals surface area contributed by atoms with Crippen molar-refractivity contribution in [3.05, 3.63) is 29.6 Å². The number of benzene rings is 1. The maximum atomic E-state index is 13.5. The van der Waals surface area contributed by atoms with Gasteiger partial charge in [-0.25, -0.2) is 4.39 Å². The Balaban J connectivity index is 2.11. The standard InChI is InChI=1S/C14H18FNO2/c1-18-13-7-4-10(8-12(13)15)14(17)9-2-5-11(16)6-3-9/h4,7-9,11H,2-3,5-6,16H2,1H3. The zero-order chi connectivity index (χ0) is 13.1. The fourth-order valence-corrected chi connectivity index (χ4v) is 2.44. The summed E-state index contributed by atoms with van der Waals surface area (Å²) in [6.45, 7) is 0. The molecule has 2 N–H and O–H groups in total. The van der Waals surface area contributed by atoms with E-state index in [0.29, 0.717) is 5.56 Å². The Bertz CT molecular complexity index is 439. The molecule has 1 aliphatic carbocycles. The highest BCUT2D eigenvalue weighted by Gasteiger charge is 2.25. The Morgan fingerprint density at radius 2 is 2.00 bits per heavy atom. The number of hydrogen-bond acceptors (Lipinski definition) is 3. The lowest BCUT2D eigenvalue weighted by Crippen LogP contribution is -2.29. The van der Waals surface area contributed by atoms with Gasteiger partial charge in [0.1, 0.15) is 0 Å². The first kappa shape index (κ1) is 13.0. The molecule has 3 nitrogen and oxygen atoms in total. The molecule has 2 rings (SSSR count). The number of nitrogens with two attached hydrogens (primary N) is 1. The number of methoxy groups -OCH3 is 1. The van der Waals surface area contributed by atoms with Crippen molar-refractivity contribution in [2.24, 2.45) is 11.7 Å². The summed E-state index contributed by atoms with van der Waals surface area (Å²) in [6, 6.07) is 4.59. The minimum Gasteiger partial charge on any atom is -0.494 e. The molecule has 0 radical (unpaired) electrons. The van der Waals surface area contributed by atoms with Gasteiger partial charge in [0.25, 0.3) is 0 Å². The Morgan fingerprint density at radius 1 is 1.33 bits per heavy atom. The van der Waals surface area contributed by atoms with E-state index in [4.69, 9.17) is 10.5 Å². The van der Waals surface area contributed by atoms with E-state index in [0.717, 1.165) is 25.7 Å². The quantitative estimate of drug-likeness (QED) is 0.840. The van der Waals surface area contributed by atoms with Crippen molar-refractivity contribution in [2.75, 3.05) is 7.11 Å². The second-order valence-corrected chi connectivity index (χ2v) is 4.83. The normalized spacial score (nSPS) is 23.7. The molecule has 0 aliphatic heterocycles. The number of rotatable bonds is 3. The molecule has 4 heteroatoms. The molecule has 0 aromatic heterocycles. The lowest BCUT2D eigenvalue weighted by molar-refractivity contribution is 0.0884. The van der Waals surface area contributed by atoms with Gasteiger partial charge in [0, 0.05) is 17.5 Å². The summed E-state index contributed by atoms with van der Waals surface area (Å²) in [5.41, 5.74) is 6.23. The highest BCUT2D eigenvalue weighted by Crippen LogP contribution is 2.28.